The molecule has 2 bridgehead atoms. The van der Waals surface area contributed by atoms with Crippen LogP contribution < -0.4 is 10.6 Å². The second-order valence-electron chi connectivity index (χ2n) is 9.61. The summed E-state index contributed by atoms with van der Waals surface area (Å²) in [5, 5.41) is 6.91. The normalized spacial score (nSPS) is 24.8. The third-order valence-corrected chi connectivity index (χ3v) is 7.13. The number of halogens is 3. The van der Waals surface area contributed by atoms with Gasteiger partial charge in [-0.1, -0.05) is 30.3 Å². The van der Waals surface area contributed by atoms with Crippen LogP contribution in [0.25, 0.3) is 0 Å². The van der Waals surface area contributed by atoms with Crippen LogP contribution in [-0.4, -0.2) is 80.8 Å². The molecule has 3 atom stereocenters. The fourth-order valence-electron chi connectivity index (χ4n) is 5.51. The first-order valence-corrected chi connectivity index (χ1v) is 12.3. The molecule has 0 spiro atoms. The highest BCUT2D eigenvalue weighted by molar-refractivity contribution is 5.86. The van der Waals surface area contributed by atoms with Gasteiger partial charge in [-0.15, -0.1) is 37.2 Å². The average Bonchev–Trinajstić information content (AvgIpc) is 2.80. The van der Waals surface area contributed by atoms with E-state index in [9.17, 15) is 4.79 Å². The van der Waals surface area contributed by atoms with Crippen molar-refractivity contribution in [1.82, 2.24) is 20.4 Å². The quantitative estimate of drug-likeness (QED) is 0.448. The van der Waals surface area contributed by atoms with Gasteiger partial charge in [0.05, 0.1) is 13.2 Å². The molecule has 3 aliphatic rings. The lowest BCUT2D eigenvalue weighted by atomic mass is 9.79. The summed E-state index contributed by atoms with van der Waals surface area (Å²) in [6, 6.07) is 11.4. The van der Waals surface area contributed by atoms with E-state index in [1.807, 2.05) is 0 Å². The molecule has 2 N–H and O–H groups in total. The van der Waals surface area contributed by atoms with Gasteiger partial charge in [-0.25, -0.2) is 0 Å². The number of hydrogen-bond acceptors (Lipinski definition) is 5. The zero-order valence-electron chi connectivity index (χ0n) is 20.2. The molecule has 3 fully saturated rings. The highest BCUT2D eigenvalue weighted by Crippen LogP contribution is 2.31. The van der Waals surface area contributed by atoms with Gasteiger partial charge in [-0.2, -0.15) is 0 Å². The SMILES string of the molecule is Cl.Cl.Cl.O=C(CCCC1NCC2CC1CN(Cc1ccccc1)C2)NCCCN1CCOCC1. The minimum Gasteiger partial charge on any atom is -0.379 e. The van der Waals surface area contributed by atoms with Crippen molar-refractivity contribution < 1.29 is 9.53 Å². The first kappa shape index (κ1) is 31.4. The maximum absolute atomic E-state index is 12.2. The highest BCUT2D eigenvalue weighted by Gasteiger charge is 2.36. The van der Waals surface area contributed by atoms with Crippen molar-refractivity contribution in [2.75, 3.05) is 59.0 Å². The number of carbonyl (C=O) groups excluding carboxylic acids is 1. The number of likely N-dealkylation sites (tertiary alicyclic amines) is 1. The number of nitrogens with zero attached hydrogens (tertiary/aromatic N) is 2. The van der Waals surface area contributed by atoms with Gasteiger partial charge >= 0.3 is 0 Å². The molecule has 3 aliphatic heterocycles. The third kappa shape index (κ3) is 10.2. The number of ether oxygens (including phenoxy) is 1. The number of morpholine rings is 1. The van der Waals surface area contributed by atoms with Crippen molar-refractivity contribution in [2.24, 2.45) is 11.8 Å². The van der Waals surface area contributed by atoms with Gasteiger partial charge in [-0.05, 0) is 56.2 Å². The molecular weight excluding hydrogens is 495 g/mol. The average molecular weight is 538 g/mol. The van der Waals surface area contributed by atoms with E-state index in [2.05, 4.69) is 50.8 Å². The lowest BCUT2D eigenvalue weighted by molar-refractivity contribution is -0.121. The van der Waals surface area contributed by atoms with Crippen molar-refractivity contribution in [3.05, 3.63) is 35.9 Å². The van der Waals surface area contributed by atoms with Crippen molar-refractivity contribution in [1.29, 1.82) is 0 Å². The number of hydrogen-bond donors (Lipinski definition) is 2. The van der Waals surface area contributed by atoms with Crippen LogP contribution >= 0.6 is 37.2 Å². The number of amides is 1. The molecule has 1 aromatic carbocycles. The molecular formula is C25H43Cl3N4O2. The Labute approximate surface area is 224 Å². The third-order valence-electron chi connectivity index (χ3n) is 7.13. The lowest BCUT2D eigenvalue weighted by Crippen LogP contribution is -2.55. The smallest absolute Gasteiger partial charge is 0.219 e. The van der Waals surface area contributed by atoms with E-state index < -0.39 is 0 Å². The molecule has 34 heavy (non-hydrogen) atoms. The number of nitrogens with one attached hydrogen (secondary N) is 2. The predicted octanol–water partition coefficient (Wildman–Crippen LogP) is 3.37. The number of piperidine rings is 2. The molecule has 3 heterocycles. The molecule has 1 aromatic rings. The Kier molecular flexibility index (Phi) is 15.7. The molecule has 196 valence electrons. The van der Waals surface area contributed by atoms with E-state index in [4.69, 9.17) is 4.74 Å². The minimum atomic E-state index is 0. The molecule has 3 saturated heterocycles. The number of fused-ring (bicyclic) bond motifs is 2. The number of rotatable bonds is 10. The molecule has 0 saturated carbocycles. The Morgan fingerprint density at radius 3 is 2.56 bits per heavy atom. The molecule has 1 amide bonds. The van der Waals surface area contributed by atoms with Crippen molar-refractivity contribution >= 4 is 43.1 Å². The van der Waals surface area contributed by atoms with Crippen molar-refractivity contribution in [3.8, 4) is 0 Å². The largest absolute Gasteiger partial charge is 0.379 e. The molecule has 3 unspecified atom stereocenters. The van der Waals surface area contributed by atoms with E-state index >= 15 is 0 Å². The van der Waals surface area contributed by atoms with Gasteiger partial charge in [0.1, 0.15) is 0 Å². The molecule has 9 heteroatoms. The van der Waals surface area contributed by atoms with Gasteiger partial charge in [0.25, 0.3) is 0 Å². The van der Waals surface area contributed by atoms with E-state index in [0.29, 0.717) is 18.4 Å². The van der Waals surface area contributed by atoms with E-state index in [1.165, 1.54) is 25.1 Å². The first-order valence-electron chi connectivity index (χ1n) is 12.3. The Bertz CT molecular complexity index is 679. The number of carbonyl (C=O) groups is 1. The van der Waals surface area contributed by atoms with Crippen LogP contribution in [0.15, 0.2) is 30.3 Å². The summed E-state index contributed by atoms with van der Waals surface area (Å²) in [6.45, 7) is 10.1. The van der Waals surface area contributed by atoms with Crippen LogP contribution in [0, 0.1) is 11.8 Å². The van der Waals surface area contributed by atoms with Crippen LogP contribution in [0.3, 0.4) is 0 Å². The zero-order valence-corrected chi connectivity index (χ0v) is 22.6. The van der Waals surface area contributed by atoms with E-state index in [1.54, 1.807) is 0 Å². The van der Waals surface area contributed by atoms with Crippen LogP contribution in [0.2, 0.25) is 0 Å². The maximum atomic E-state index is 12.2. The van der Waals surface area contributed by atoms with Crippen LogP contribution in [0.4, 0.5) is 0 Å². The Balaban J connectivity index is 0.00000193. The number of benzene rings is 1. The van der Waals surface area contributed by atoms with Crippen LogP contribution in [-0.2, 0) is 16.1 Å². The van der Waals surface area contributed by atoms with Gasteiger partial charge in [0.2, 0.25) is 5.91 Å². The predicted molar refractivity (Wildman–Crippen MR) is 146 cm³/mol. The summed E-state index contributed by atoms with van der Waals surface area (Å²) < 4.78 is 5.38. The lowest BCUT2D eigenvalue weighted by Gasteiger charge is -2.46. The fourth-order valence-corrected chi connectivity index (χ4v) is 5.51. The summed E-state index contributed by atoms with van der Waals surface area (Å²) >= 11 is 0. The monoisotopic (exact) mass is 536 g/mol. The fraction of sp³-hybridized carbons (Fsp3) is 0.720. The second-order valence-corrected chi connectivity index (χ2v) is 9.61. The summed E-state index contributed by atoms with van der Waals surface area (Å²) in [4.78, 5) is 17.3. The topological polar surface area (TPSA) is 56.8 Å². The Morgan fingerprint density at radius 1 is 1.03 bits per heavy atom. The molecule has 4 rings (SSSR count). The summed E-state index contributed by atoms with van der Waals surface area (Å²) in [6.07, 6.45) is 5.11. The van der Waals surface area contributed by atoms with Crippen molar-refractivity contribution in [2.45, 2.75) is 44.7 Å². The summed E-state index contributed by atoms with van der Waals surface area (Å²) in [5.41, 5.74) is 1.41. The van der Waals surface area contributed by atoms with Crippen LogP contribution in [0.1, 0.15) is 37.7 Å². The first-order chi connectivity index (χ1) is 15.3. The minimum absolute atomic E-state index is 0. The van der Waals surface area contributed by atoms with Gasteiger partial charge in [0, 0.05) is 51.7 Å². The maximum Gasteiger partial charge on any atom is 0.219 e. The standard InChI is InChI=1S/C25H40N4O2.3ClH/c30-25(26-10-5-11-28-12-14-31-15-13-28)9-4-8-24-23-16-22(17-27-24)19-29(20-23)18-21-6-2-1-3-7-21;;;/h1-3,6-7,22-24,27H,4-5,8-20H2,(H,26,30);3*1H. The van der Waals surface area contributed by atoms with E-state index in [-0.39, 0.29) is 43.1 Å². The Hall–Kier alpha value is -0.600. The molecule has 0 radical (unpaired) electrons. The van der Waals surface area contributed by atoms with Crippen LogP contribution in [0.5, 0.6) is 0 Å². The molecule has 0 aromatic heterocycles. The zero-order chi connectivity index (χ0) is 21.3. The summed E-state index contributed by atoms with van der Waals surface area (Å²) in [5.74, 6) is 1.70. The second kappa shape index (κ2) is 17.0. The van der Waals surface area contributed by atoms with Gasteiger partial charge < -0.3 is 15.4 Å². The molecule has 6 nitrogen and oxygen atoms in total. The van der Waals surface area contributed by atoms with Gasteiger partial charge in [0.15, 0.2) is 0 Å². The van der Waals surface area contributed by atoms with E-state index in [0.717, 1.165) is 77.7 Å². The van der Waals surface area contributed by atoms with Crippen molar-refractivity contribution in [3.63, 3.8) is 0 Å². The Morgan fingerprint density at radius 2 is 1.79 bits per heavy atom. The van der Waals surface area contributed by atoms with Gasteiger partial charge in [-0.3, -0.25) is 14.6 Å². The molecule has 0 aliphatic carbocycles. The highest BCUT2D eigenvalue weighted by atomic mass is 35.5. The summed E-state index contributed by atoms with van der Waals surface area (Å²) in [7, 11) is 0.